The average molecular weight is 234 g/mol. The van der Waals surface area contributed by atoms with Gasteiger partial charge in [-0.2, -0.15) is 0 Å². The average Bonchev–Trinajstić information content (AvgIpc) is 2.26. The van der Waals surface area contributed by atoms with E-state index in [1.165, 1.54) is 0 Å². The Balaban J connectivity index is 1.98. The fourth-order valence-electron chi connectivity index (χ4n) is 1.79. The molecule has 4 N–H and O–H groups in total. The second-order valence-corrected chi connectivity index (χ2v) is 4.21. The van der Waals surface area contributed by atoms with Gasteiger partial charge in [0.1, 0.15) is 6.04 Å². The van der Waals surface area contributed by atoms with Crippen LogP contribution in [0.3, 0.4) is 0 Å². The molecular weight excluding hydrogens is 220 g/mol. The van der Waals surface area contributed by atoms with Gasteiger partial charge in [-0.15, -0.1) is 0 Å². The van der Waals surface area contributed by atoms with Crippen LogP contribution in [0.2, 0.25) is 0 Å². The highest BCUT2D eigenvalue weighted by Crippen LogP contribution is 2.23. The Labute approximate surface area is 98.6 Å². The molecule has 1 aromatic rings. The minimum atomic E-state index is -1.000. The first-order chi connectivity index (χ1) is 8.06. The number of rotatable bonds is 4. The van der Waals surface area contributed by atoms with Crippen molar-refractivity contribution in [3.05, 3.63) is 35.4 Å². The van der Waals surface area contributed by atoms with E-state index in [0.717, 1.165) is 11.1 Å². The third-order valence-corrected chi connectivity index (χ3v) is 2.88. The lowest BCUT2D eigenvalue weighted by atomic mass is 9.95. The van der Waals surface area contributed by atoms with Crippen molar-refractivity contribution in [2.75, 3.05) is 0 Å². The standard InChI is InChI=1S/C12H14N2O3/c13-9(12(16)17)5-7-1-3-8(4-2-7)10-6-11(15)14-10/h1-4,9-10H,5-6,13H2,(H,14,15)(H,16,17)/t9-,10?/m0/s1. The van der Waals surface area contributed by atoms with Crippen molar-refractivity contribution < 1.29 is 14.7 Å². The predicted octanol–water partition coefficient (Wildman–Crippen LogP) is 0.202. The number of hydrogen-bond acceptors (Lipinski definition) is 3. The van der Waals surface area contributed by atoms with Crippen LogP contribution in [-0.4, -0.2) is 23.0 Å². The van der Waals surface area contributed by atoms with Gasteiger partial charge in [0.05, 0.1) is 12.5 Å². The number of benzene rings is 1. The number of aliphatic carboxylic acids is 1. The van der Waals surface area contributed by atoms with Gasteiger partial charge in [0.15, 0.2) is 0 Å². The number of nitrogens with two attached hydrogens (primary N) is 1. The summed E-state index contributed by atoms with van der Waals surface area (Å²) < 4.78 is 0. The maximum atomic E-state index is 10.8. The Bertz CT molecular complexity index is 434. The highest BCUT2D eigenvalue weighted by atomic mass is 16.4. The number of hydrogen-bond donors (Lipinski definition) is 3. The number of carboxylic acid groups (broad SMARTS) is 1. The summed E-state index contributed by atoms with van der Waals surface area (Å²) in [7, 11) is 0. The molecule has 1 heterocycles. The summed E-state index contributed by atoms with van der Waals surface area (Å²) in [6.07, 6.45) is 0.834. The molecule has 1 aromatic carbocycles. The van der Waals surface area contributed by atoms with Crippen LogP contribution in [0, 0.1) is 0 Å². The van der Waals surface area contributed by atoms with Gasteiger partial charge in [-0.3, -0.25) is 9.59 Å². The summed E-state index contributed by atoms with van der Waals surface area (Å²) in [4.78, 5) is 21.4. The Morgan fingerprint density at radius 3 is 2.53 bits per heavy atom. The molecule has 1 saturated heterocycles. The van der Waals surface area contributed by atoms with Crippen LogP contribution >= 0.6 is 0 Å². The number of carboxylic acids is 1. The molecule has 1 fully saturated rings. The zero-order valence-corrected chi connectivity index (χ0v) is 9.22. The minimum absolute atomic E-state index is 0.0620. The van der Waals surface area contributed by atoms with Crippen molar-refractivity contribution in [2.24, 2.45) is 5.73 Å². The molecule has 1 unspecified atom stereocenters. The summed E-state index contributed by atoms with van der Waals surface area (Å²) >= 11 is 0. The first kappa shape index (κ1) is 11.6. The lowest BCUT2D eigenvalue weighted by molar-refractivity contribution is -0.138. The molecule has 1 aliphatic rings. The van der Waals surface area contributed by atoms with Crippen molar-refractivity contribution in [3.8, 4) is 0 Å². The topological polar surface area (TPSA) is 92.4 Å². The molecule has 1 amide bonds. The van der Waals surface area contributed by atoms with Gasteiger partial charge in [0.2, 0.25) is 5.91 Å². The highest BCUT2D eigenvalue weighted by Gasteiger charge is 2.26. The van der Waals surface area contributed by atoms with E-state index in [0.29, 0.717) is 12.8 Å². The van der Waals surface area contributed by atoms with Crippen LogP contribution in [0.25, 0.3) is 0 Å². The van der Waals surface area contributed by atoms with Gasteiger partial charge < -0.3 is 16.2 Å². The molecule has 17 heavy (non-hydrogen) atoms. The van der Waals surface area contributed by atoms with Gasteiger partial charge in [-0.1, -0.05) is 24.3 Å². The fourth-order valence-corrected chi connectivity index (χ4v) is 1.79. The third-order valence-electron chi connectivity index (χ3n) is 2.88. The Morgan fingerprint density at radius 2 is 2.06 bits per heavy atom. The molecule has 5 nitrogen and oxygen atoms in total. The van der Waals surface area contributed by atoms with Crippen molar-refractivity contribution in [3.63, 3.8) is 0 Å². The van der Waals surface area contributed by atoms with Crippen LogP contribution in [0.15, 0.2) is 24.3 Å². The molecule has 0 spiro atoms. The summed E-state index contributed by atoms with van der Waals surface area (Å²) in [5, 5.41) is 11.5. The summed E-state index contributed by atoms with van der Waals surface area (Å²) in [5.74, 6) is -0.938. The maximum absolute atomic E-state index is 10.8. The van der Waals surface area contributed by atoms with Crippen LogP contribution in [0.5, 0.6) is 0 Å². The number of amides is 1. The molecule has 0 aliphatic carbocycles. The highest BCUT2D eigenvalue weighted by molar-refractivity contribution is 5.83. The second-order valence-electron chi connectivity index (χ2n) is 4.21. The van der Waals surface area contributed by atoms with Gasteiger partial charge in [0.25, 0.3) is 0 Å². The van der Waals surface area contributed by atoms with Gasteiger partial charge in [-0.05, 0) is 17.5 Å². The minimum Gasteiger partial charge on any atom is -0.480 e. The SMILES string of the molecule is N[C@@H](Cc1ccc(C2CC(=O)N2)cc1)C(=O)O. The Hall–Kier alpha value is -1.88. The maximum Gasteiger partial charge on any atom is 0.320 e. The van der Waals surface area contributed by atoms with Crippen LogP contribution in [-0.2, 0) is 16.0 Å². The lowest BCUT2D eigenvalue weighted by Crippen LogP contribution is -2.41. The van der Waals surface area contributed by atoms with Crippen molar-refractivity contribution in [1.29, 1.82) is 0 Å². The molecule has 2 atom stereocenters. The predicted molar refractivity (Wildman–Crippen MR) is 61.3 cm³/mol. The van der Waals surface area contributed by atoms with E-state index < -0.39 is 12.0 Å². The smallest absolute Gasteiger partial charge is 0.320 e. The van der Waals surface area contributed by atoms with E-state index in [1.54, 1.807) is 0 Å². The van der Waals surface area contributed by atoms with Crippen LogP contribution < -0.4 is 11.1 Å². The van der Waals surface area contributed by atoms with E-state index in [1.807, 2.05) is 24.3 Å². The molecule has 0 aromatic heterocycles. The molecule has 5 heteroatoms. The van der Waals surface area contributed by atoms with Gasteiger partial charge >= 0.3 is 5.97 Å². The number of β-lactam (4-membered cyclic amide) rings is 1. The first-order valence-corrected chi connectivity index (χ1v) is 5.43. The van der Waals surface area contributed by atoms with E-state index in [9.17, 15) is 9.59 Å². The molecule has 1 aliphatic heterocycles. The van der Waals surface area contributed by atoms with Crippen LogP contribution in [0.1, 0.15) is 23.6 Å². The molecule has 0 radical (unpaired) electrons. The second kappa shape index (κ2) is 4.55. The van der Waals surface area contributed by atoms with Crippen molar-refractivity contribution >= 4 is 11.9 Å². The zero-order chi connectivity index (χ0) is 12.4. The number of carbonyl (C=O) groups excluding carboxylic acids is 1. The molecular formula is C12H14N2O3. The summed E-state index contributed by atoms with van der Waals surface area (Å²) in [5.41, 5.74) is 7.37. The lowest BCUT2D eigenvalue weighted by Gasteiger charge is -2.27. The van der Waals surface area contributed by atoms with E-state index in [-0.39, 0.29) is 11.9 Å². The Kier molecular flexibility index (Phi) is 3.10. The molecule has 2 rings (SSSR count). The molecule has 0 bridgehead atoms. The number of nitrogens with one attached hydrogen (secondary N) is 1. The van der Waals surface area contributed by atoms with Gasteiger partial charge in [0, 0.05) is 0 Å². The summed E-state index contributed by atoms with van der Waals surface area (Å²) in [6.45, 7) is 0. The van der Waals surface area contributed by atoms with Crippen molar-refractivity contribution in [1.82, 2.24) is 5.32 Å². The monoisotopic (exact) mass is 234 g/mol. The zero-order valence-electron chi connectivity index (χ0n) is 9.22. The summed E-state index contributed by atoms with van der Waals surface area (Å²) in [6, 6.07) is 6.72. The number of carbonyl (C=O) groups is 2. The Morgan fingerprint density at radius 1 is 1.47 bits per heavy atom. The van der Waals surface area contributed by atoms with E-state index in [4.69, 9.17) is 10.8 Å². The van der Waals surface area contributed by atoms with Gasteiger partial charge in [-0.25, -0.2) is 0 Å². The quantitative estimate of drug-likeness (QED) is 0.649. The largest absolute Gasteiger partial charge is 0.480 e. The van der Waals surface area contributed by atoms with E-state index >= 15 is 0 Å². The van der Waals surface area contributed by atoms with Crippen molar-refractivity contribution in [2.45, 2.75) is 24.9 Å². The first-order valence-electron chi connectivity index (χ1n) is 5.43. The fraction of sp³-hybridized carbons (Fsp3) is 0.333. The normalized spacial score (nSPS) is 20.3. The van der Waals surface area contributed by atoms with Crippen LogP contribution in [0.4, 0.5) is 0 Å². The third kappa shape index (κ3) is 2.62. The van der Waals surface area contributed by atoms with E-state index in [2.05, 4.69) is 5.32 Å². The molecule has 90 valence electrons. The molecule has 0 saturated carbocycles.